The molecule has 0 unspecified atom stereocenters. The van der Waals surface area contributed by atoms with Crippen LogP contribution in [0.25, 0.3) is 6.08 Å². The van der Waals surface area contributed by atoms with Crippen LogP contribution in [0.2, 0.25) is 0 Å². The van der Waals surface area contributed by atoms with Crippen LogP contribution in [-0.4, -0.2) is 18.1 Å². The van der Waals surface area contributed by atoms with Gasteiger partial charge in [-0.25, -0.2) is 4.79 Å². The van der Waals surface area contributed by atoms with Crippen LogP contribution in [0.1, 0.15) is 22.8 Å². The van der Waals surface area contributed by atoms with Gasteiger partial charge in [0.05, 0.1) is 12.7 Å². The summed E-state index contributed by atoms with van der Waals surface area (Å²) in [6.07, 6.45) is 7.10. The molecule has 1 aromatic rings. The molecular formula is C9H11NO2. The molecule has 0 aliphatic carbocycles. The fourth-order valence-corrected chi connectivity index (χ4v) is 0.980. The number of nitrogens with one attached hydrogen (secondary N) is 1. The predicted octanol–water partition coefficient (Wildman–Crippen LogP) is 1.83. The molecule has 0 amide bonds. The highest BCUT2D eigenvalue weighted by atomic mass is 16.5. The van der Waals surface area contributed by atoms with Crippen molar-refractivity contribution in [2.24, 2.45) is 0 Å². The zero-order valence-corrected chi connectivity index (χ0v) is 7.13. The van der Waals surface area contributed by atoms with E-state index in [1.807, 2.05) is 19.1 Å². The first kappa shape index (κ1) is 8.59. The Labute approximate surface area is 71.1 Å². The summed E-state index contributed by atoms with van der Waals surface area (Å²) in [7, 11) is 1.37. The maximum Gasteiger partial charge on any atom is 0.340 e. The molecule has 0 radical (unpaired) electrons. The fraction of sp³-hybridized carbons (Fsp3) is 0.222. The van der Waals surface area contributed by atoms with Crippen LogP contribution in [-0.2, 0) is 4.74 Å². The molecule has 1 N–H and O–H groups in total. The number of H-pyrrole nitrogens is 1. The highest BCUT2D eigenvalue weighted by Gasteiger charge is 2.09. The molecule has 1 rings (SSSR count). The summed E-state index contributed by atoms with van der Waals surface area (Å²) in [5.41, 5.74) is 1.42. The molecule has 1 heterocycles. The molecule has 0 spiro atoms. The summed E-state index contributed by atoms with van der Waals surface area (Å²) in [4.78, 5) is 13.9. The Hall–Kier alpha value is -1.51. The average Bonchev–Trinajstić information content (AvgIpc) is 2.52. The fourth-order valence-electron chi connectivity index (χ4n) is 0.980. The van der Waals surface area contributed by atoms with Gasteiger partial charge in [-0.15, -0.1) is 0 Å². The summed E-state index contributed by atoms with van der Waals surface area (Å²) in [5.74, 6) is -0.315. The molecule has 0 fully saturated rings. The normalized spacial score (nSPS) is 10.5. The van der Waals surface area contributed by atoms with E-state index in [0.29, 0.717) is 5.56 Å². The zero-order valence-electron chi connectivity index (χ0n) is 7.13. The second-order valence-corrected chi connectivity index (χ2v) is 2.32. The van der Waals surface area contributed by atoms with Crippen molar-refractivity contribution in [1.82, 2.24) is 4.98 Å². The third-order valence-electron chi connectivity index (χ3n) is 1.53. The van der Waals surface area contributed by atoms with Crippen LogP contribution in [0.3, 0.4) is 0 Å². The van der Waals surface area contributed by atoms with Crippen molar-refractivity contribution in [2.45, 2.75) is 6.92 Å². The molecular weight excluding hydrogens is 154 g/mol. The van der Waals surface area contributed by atoms with E-state index >= 15 is 0 Å². The van der Waals surface area contributed by atoms with E-state index < -0.39 is 0 Å². The minimum absolute atomic E-state index is 0.315. The van der Waals surface area contributed by atoms with Gasteiger partial charge in [-0.05, 0) is 6.92 Å². The number of hydrogen-bond donors (Lipinski definition) is 1. The summed E-state index contributed by atoms with van der Waals surface area (Å²) in [6.45, 7) is 1.90. The van der Waals surface area contributed by atoms with Crippen molar-refractivity contribution in [3.05, 3.63) is 29.6 Å². The molecule has 0 atom stereocenters. The van der Waals surface area contributed by atoms with Crippen LogP contribution in [0.4, 0.5) is 0 Å². The quantitative estimate of drug-likeness (QED) is 0.679. The summed E-state index contributed by atoms with van der Waals surface area (Å²) in [5, 5.41) is 0. The Balaban J connectivity index is 2.98. The average molecular weight is 165 g/mol. The first-order chi connectivity index (χ1) is 5.79. The Morgan fingerprint density at radius 2 is 2.33 bits per heavy atom. The van der Waals surface area contributed by atoms with E-state index in [-0.39, 0.29) is 5.97 Å². The van der Waals surface area contributed by atoms with Crippen LogP contribution < -0.4 is 0 Å². The number of ether oxygens (including phenoxy) is 1. The zero-order chi connectivity index (χ0) is 8.97. The number of esters is 1. The Kier molecular flexibility index (Phi) is 2.69. The summed E-state index contributed by atoms with van der Waals surface area (Å²) >= 11 is 0. The number of carbonyl (C=O) groups is 1. The van der Waals surface area contributed by atoms with Crippen LogP contribution >= 0.6 is 0 Å². The van der Waals surface area contributed by atoms with Crippen molar-refractivity contribution in [3.63, 3.8) is 0 Å². The topological polar surface area (TPSA) is 42.1 Å². The number of hydrogen-bond acceptors (Lipinski definition) is 2. The van der Waals surface area contributed by atoms with Gasteiger partial charge in [0.2, 0.25) is 0 Å². The largest absolute Gasteiger partial charge is 0.465 e. The van der Waals surface area contributed by atoms with E-state index in [0.717, 1.165) is 5.56 Å². The molecule has 0 aliphatic heterocycles. The number of allylic oxidation sites excluding steroid dienone is 1. The van der Waals surface area contributed by atoms with Crippen molar-refractivity contribution in [3.8, 4) is 0 Å². The van der Waals surface area contributed by atoms with Crippen LogP contribution in [0, 0.1) is 0 Å². The van der Waals surface area contributed by atoms with Gasteiger partial charge >= 0.3 is 5.97 Å². The van der Waals surface area contributed by atoms with Crippen molar-refractivity contribution in [2.75, 3.05) is 7.11 Å². The molecule has 0 saturated carbocycles. The van der Waals surface area contributed by atoms with Gasteiger partial charge in [0.1, 0.15) is 0 Å². The number of aromatic nitrogens is 1. The van der Waals surface area contributed by atoms with Gasteiger partial charge in [0, 0.05) is 18.0 Å². The lowest BCUT2D eigenvalue weighted by atomic mass is 10.2. The Morgan fingerprint density at radius 3 is 2.92 bits per heavy atom. The van der Waals surface area contributed by atoms with Gasteiger partial charge < -0.3 is 9.72 Å². The van der Waals surface area contributed by atoms with E-state index in [4.69, 9.17) is 0 Å². The predicted molar refractivity (Wildman–Crippen MR) is 46.8 cm³/mol. The smallest absolute Gasteiger partial charge is 0.340 e. The lowest BCUT2D eigenvalue weighted by Crippen LogP contribution is -2.00. The van der Waals surface area contributed by atoms with Crippen molar-refractivity contribution < 1.29 is 9.53 Å². The third-order valence-corrected chi connectivity index (χ3v) is 1.53. The third kappa shape index (κ3) is 1.56. The number of methoxy groups -OCH3 is 1. The minimum atomic E-state index is -0.315. The molecule has 1 aromatic heterocycles. The van der Waals surface area contributed by atoms with Gasteiger partial charge in [0.25, 0.3) is 0 Å². The molecule has 64 valence electrons. The second kappa shape index (κ2) is 3.76. The first-order valence-electron chi connectivity index (χ1n) is 3.67. The molecule has 0 aromatic carbocycles. The Morgan fingerprint density at radius 1 is 1.58 bits per heavy atom. The lowest BCUT2D eigenvalue weighted by molar-refractivity contribution is 0.0601. The van der Waals surface area contributed by atoms with E-state index in [2.05, 4.69) is 9.72 Å². The van der Waals surface area contributed by atoms with Gasteiger partial charge in [-0.3, -0.25) is 0 Å². The summed E-state index contributed by atoms with van der Waals surface area (Å²) < 4.78 is 4.59. The first-order valence-corrected chi connectivity index (χ1v) is 3.67. The van der Waals surface area contributed by atoms with Crippen molar-refractivity contribution >= 4 is 12.0 Å². The summed E-state index contributed by atoms with van der Waals surface area (Å²) in [6, 6.07) is 0. The molecule has 0 saturated heterocycles. The number of carbonyl (C=O) groups excluding carboxylic acids is 1. The van der Waals surface area contributed by atoms with E-state index in [1.165, 1.54) is 7.11 Å². The standard InChI is InChI=1S/C9H11NO2/c1-3-4-7-5-10-6-8(7)9(11)12-2/h3-6,10H,1-2H3/b4-3+. The second-order valence-electron chi connectivity index (χ2n) is 2.32. The monoisotopic (exact) mass is 165 g/mol. The van der Waals surface area contributed by atoms with Gasteiger partial charge in [0.15, 0.2) is 0 Å². The molecule has 3 nitrogen and oxygen atoms in total. The highest BCUT2D eigenvalue weighted by molar-refractivity contribution is 5.93. The van der Waals surface area contributed by atoms with Crippen molar-refractivity contribution in [1.29, 1.82) is 0 Å². The molecule has 0 bridgehead atoms. The minimum Gasteiger partial charge on any atom is -0.465 e. The molecule has 3 heteroatoms. The van der Waals surface area contributed by atoms with E-state index in [9.17, 15) is 4.79 Å². The molecule has 12 heavy (non-hydrogen) atoms. The lowest BCUT2D eigenvalue weighted by Gasteiger charge is -1.95. The van der Waals surface area contributed by atoms with Gasteiger partial charge in [-0.2, -0.15) is 0 Å². The Bertz CT molecular complexity index is 299. The maximum atomic E-state index is 11.1. The van der Waals surface area contributed by atoms with E-state index in [1.54, 1.807) is 12.4 Å². The van der Waals surface area contributed by atoms with Crippen LogP contribution in [0.5, 0.6) is 0 Å². The number of rotatable bonds is 2. The highest BCUT2D eigenvalue weighted by Crippen LogP contribution is 2.10. The molecule has 0 aliphatic rings. The number of aromatic amines is 1. The maximum absolute atomic E-state index is 11.1. The van der Waals surface area contributed by atoms with Gasteiger partial charge in [-0.1, -0.05) is 12.2 Å². The SMILES string of the molecule is C/C=C/c1c[nH]cc1C(=O)OC. The van der Waals surface area contributed by atoms with Crippen LogP contribution in [0.15, 0.2) is 18.5 Å².